The maximum absolute atomic E-state index is 12.4. The van der Waals surface area contributed by atoms with E-state index in [2.05, 4.69) is 53.2 Å². The van der Waals surface area contributed by atoms with E-state index in [1.165, 1.54) is 5.56 Å². The highest BCUT2D eigenvalue weighted by Gasteiger charge is 2.27. The fourth-order valence-electron chi connectivity index (χ4n) is 3.20. The number of benzene rings is 1. The highest BCUT2D eigenvalue weighted by molar-refractivity contribution is 5.81. The largest absolute Gasteiger partial charge is 0.395 e. The molecule has 5 nitrogen and oxygen atoms in total. The molecule has 0 saturated carbocycles. The van der Waals surface area contributed by atoms with Gasteiger partial charge in [-0.25, -0.2) is 0 Å². The molecule has 2 atom stereocenters. The van der Waals surface area contributed by atoms with E-state index in [0.29, 0.717) is 6.54 Å². The maximum atomic E-state index is 12.4. The fourth-order valence-corrected chi connectivity index (χ4v) is 3.20. The van der Waals surface area contributed by atoms with Gasteiger partial charge < -0.3 is 10.4 Å². The number of carbonyl (C=O) groups is 1. The summed E-state index contributed by atoms with van der Waals surface area (Å²) in [6, 6.07) is 8.37. The molecule has 1 saturated heterocycles. The first-order valence-electron chi connectivity index (χ1n) is 8.97. The van der Waals surface area contributed by atoms with Crippen molar-refractivity contribution < 1.29 is 9.90 Å². The summed E-state index contributed by atoms with van der Waals surface area (Å²) in [5.41, 5.74) is 2.35. The Bertz CT molecular complexity index is 506. The first-order valence-corrected chi connectivity index (χ1v) is 8.97. The van der Waals surface area contributed by atoms with Crippen molar-refractivity contribution in [1.29, 1.82) is 0 Å². The van der Waals surface area contributed by atoms with Crippen LogP contribution in [-0.4, -0.2) is 65.7 Å². The third-order valence-electron chi connectivity index (χ3n) is 5.06. The molecule has 2 unspecified atom stereocenters. The van der Waals surface area contributed by atoms with Gasteiger partial charge >= 0.3 is 0 Å². The number of aryl methyl sites for hydroxylation is 1. The number of nitrogens with one attached hydrogen (secondary N) is 1. The summed E-state index contributed by atoms with van der Waals surface area (Å²) in [6.07, 6.45) is 0.961. The van der Waals surface area contributed by atoms with E-state index >= 15 is 0 Å². The van der Waals surface area contributed by atoms with Gasteiger partial charge in [0.05, 0.1) is 12.6 Å². The van der Waals surface area contributed by atoms with Crippen molar-refractivity contribution in [2.75, 3.05) is 32.8 Å². The van der Waals surface area contributed by atoms with E-state index < -0.39 is 0 Å². The Morgan fingerprint density at radius 1 is 1.17 bits per heavy atom. The molecule has 0 bridgehead atoms. The lowest BCUT2D eigenvalue weighted by atomic mass is 10.1. The summed E-state index contributed by atoms with van der Waals surface area (Å²) in [4.78, 5) is 17.0. The van der Waals surface area contributed by atoms with Crippen molar-refractivity contribution in [3.8, 4) is 0 Å². The van der Waals surface area contributed by atoms with Gasteiger partial charge in [-0.1, -0.05) is 36.8 Å². The van der Waals surface area contributed by atoms with Crippen molar-refractivity contribution in [2.45, 2.75) is 45.8 Å². The molecule has 134 valence electrons. The molecule has 0 aliphatic carbocycles. The molecule has 24 heavy (non-hydrogen) atoms. The summed E-state index contributed by atoms with van der Waals surface area (Å²) in [7, 11) is 0. The standard InChI is InChI=1S/C19H31N3O2/c1-4-18(14-23)22-11-9-21(10-12-22)16(3)19(24)20-13-17-7-5-15(2)6-8-17/h5-8,16,18,23H,4,9-14H2,1-3H3,(H,20,24). The van der Waals surface area contributed by atoms with Gasteiger partial charge in [-0.2, -0.15) is 0 Å². The second kappa shape index (κ2) is 9.16. The van der Waals surface area contributed by atoms with Crippen LogP contribution in [0.25, 0.3) is 0 Å². The molecule has 0 spiro atoms. The van der Waals surface area contributed by atoms with Crippen LogP contribution in [-0.2, 0) is 11.3 Å². The van der Waals surface area contributed by atoms with Crippen molar-refractivity contribution in [2.24, 2.45) is 0 Å². The van der Waals surface area contributed by atoms with E-state index in [1.807, 2.05) is 6.92 Å². The van der Waals surface area contributed by atoms with Gasteiger partial charge in [-0.15, -0.1) is 0 Å². The molecular formula is C19H31N3O2. The van der Waals surface area contributed by atoms with Gasteiger partial charge in [-0.05, 0) is 25.8 Å². The lowest BCUT2D eigenvalue weighted by molar-refractivity contribution is -0.126. The smallest absolute Gasteiger partial charge is 0.237 e. The molecule has 1 amide bonds. The van der Waals surface area contributed by atoms with Gasteiger partial charge in [0.25, 0.3) is 0 Å². The van der Waals surface area contributed by atoms with Gasteiger partial charge in [0.15, 0.2) is 0 Å². The van der Waals surface area contributed by atoms with Gasteiger partial charge in [-0.3, -0.25) is 14.6 Å². The number of amides is 1. The molecule has 1 aliphatic rings. The Morgan fingerprint density at radius 3 is 2.29 bits per heavy atom. The van der Waals surface area contributed by atoms with Crippen molar-refractivity contribution in [1.82, 2.24) is 15.1 Å². The molecule has 1 aromatic carbocycles. The Hall–Kier alpha value is -1.43. The summed E-state index contributed by atoms with van der Waals surface area (Å²) in [6.45, 7) is 10.5. The molecule has 5 heteroatoms. The second-order valence-electron chi connectivity index (χ2n) is 6.70. The quantitative estimate of drug-likeness (QED) is 0.792. The summed E-state index contributed by atoms with van der Waals surface area (Å²) >= 11 is 0. The number of piperazine rings is 1. The fraction of sp³-hybridized carbons (Fsp3) is 0.632. The van der Waals surface area contributed by atoms with E-state index in [1.54, 1.807) is 0 Å². The van der Waals surface area contributed by atoms with Crippen LogP contribution in [0.4, 0.5) is 0 Å². The summed E-state index contributed by atoms with van der Waals surface area (Å²) < 4.78 is 0. The zero-order valence-electron chi connectivity index (χ0n) is 15.2. The van der Waals surface area contributed by atoms with Crippen LogP contribution in [0.1, 0.15) is 31.4 Å². The van der Waals surface area contributed by atoms with Crippen LogP contribution in [0.5, 0.6) is 0 Å². The molecule has 2 rings (SSSR count). The van der Waals surface area contributed by atoms with Crippen LogP contribution in [0.15, 0.2) is 24.3 Å². The van der Waals surface area contributed by atoms with Gasteiger partial charge in [0.1, 0.15) is 0 Å². The number of aliphatic hydroxyl groups excluding tert-OH is 1. The van der Waals surface area contributed by atoms with Crippen molar-refractivity contribution in [3.05, 3.63) is 35.4 Å². The summed E-state index contributed by atoms with van der Waals surface area (Å²) in [5, 5.41) is 12.5. The number of hydrogen-bond donors (Lipinski definition) is 2. The predicted molar refractivity (Wildman–Crippen MR) is 96.8 cm³/mol. The average molecular weight is 333 g/mol. The van der Waals surface area contributed by atoms with Crippen molar-refractivity contribution in [3.63, 3.8) is 0 Å². The van der Waals surface area contributed by atoms with Crippen LogP contribution in [0.2, 0.25) is 0 Å². The third kappa shape index (κ3) is 5.03. The van der Waals surface area contributed by atoms with Gasteiger partial charge in [0.2, 0.25) is 5.91 Å². The highest BCUT2D eigenvalue weighted by atomic mass is 16.3. The minimum atomic E-state index is -0.119. The van der Waals surface area contributed by atoms with Crippen LogP contribution in [0, 0.1) is 6.92 Å². The molecule has 0 radical (unpaired) electrons. The van der Waals surface area contributed by atoms with Crippen LogP contribution < -0.4 is 5.32 Å². The zero-order valence-corrected chi connectivity index (χ0v) is 15.2. The highest BCUT2D eigenvalue weighted by Crippen LogP contribution is 2.11. The van der Waals surface area contributed by atoms with Gasteiger partial charge in [0, 0.05) is 38.8 Å². The van der Waals surface area contributed by atoms with E-state index in [-0.39, 0.29) is 24.6 Å². The molecule has 1 fully saturated rings. The number of rotatable bonds is 7. The lowest BCUT2D eigenvalue weighted by Gasteiger charge is -2.40. The molecular weight excluding hydrogens is 302 g/mol. The Labute approximate surface area is 145 Å². The van der Waals surface area contributed by atoms with E-state index in [9.17, 15) is 9.90 Å². The minimum absolute atomic E-state index is 0.0817. The third-order valence-corrected chi connectivity index (χ3v) is 5.06. The number of carbonyl (C=O) groups excluding carboxylic acids is 1. The topological polar surface area (TPSA) is 55.8 Å². The predicted octanol–water partition coefficient (Wildman–Crippen LogP) is 1.39. The first kappa shape index (κ1) is 18.9. The molecule has 2 N–H and O–H groups in total. The molecule has 1 heterocycles. The SMILES string of the molecule is CCC(CO)N1CCN(C(C)C(=O)NCc2ccc(C)cc2)CC1. The lowest BCUT2D eigenvalue weighted by Crippen LogP contribution is -2.56. The molecule has 0 aromatic heterocycles. The Morgan fingerprint density at radius 2 is 1.75 bits per heavy atom. The number of hydrogen-bond acceptors (Lipinski definition) is 4. The maximum Gasteiger partial charge on any atom is 0.237 e. The Balaban J connectivity index is 1.78. The molecule has 1 aliphatic heterocycles. The van der Waals surface area contributed by atoms with Crippen molar-refractivity contribution >= 4 is 5.91 Å². The minimum Gasteiger partial charge on any atom is -0.395 e. The van der Waals surface area contributed by atoms with E-state index in [4.69, 9.17) is 0 Å². The van der Waals surface area contributed by atoms with Crippen LogP contribution in [0.3, 0.4) is 0 Å². The first-order chi connectivity index (χ1) is 11.5. The average Bonchev–Trinajstić information content (AvgIpc) is 2.62. The Kier molecular flexibility index (Phi) is 7.21. The van der Waals surface area contributed by atoms with E-state index in [0.717, 1.165) is 38.2 Å². The van der Waals surface area contributed by atoms with Crippen LogP contribution >= 0.6 is 0 Å². The second-order valence-corrected chi connectivity index (χ2v) is 6.70. The molecule has 1 aromatic rings. The number of nitrogens with zero attached hydrogens (tertiary/aromatic N) is 2. The summed E-state index contributed by atoms with van der Waals surface area (Å²) in [5.74, 6) is 0.0817. The monoisotopic (exact) mass is 333 g/mol. The number of aliphatic hydroxyl groups is 1. The zero-order chi connectivity index (χ0) is 17.5. The normalized spacial score (nSPS) is 19.0.